The lowest BCUT2D eigenvalue weighted by molar-refractivity contribution is -0.0725. The second-order valence-corrected chi connectivity index (χ2v) is 3.18. The van der Waals surface area contributed by atoms with E-state index in [-0.39, 0.29) is 6.79 Å². The van der Waals surface area contributed by atoms with Gasteiger partial charge in [-0.05, 0) is 5.56 Å². The molecule has 0 N–H and O–H groups in total. The van der Waals surface area contributed by atoms with E-state index < -0.39 is 0 Å². The lowest BCUT2D eigenvalue weighted by atomic mass is 10.1. The maximum atomic E-state index is 10.7. The Balaban J connectivity index is 0.00000137. The summed E-state index contributed by atoms with van der Waals surface area (Å²) < 4.78 is 15.2. The molecule has 0 radical (unpaired) electrons. The van der Waals surface area contributed by atoms with Gasteiger partial charge in [-0.25, -0.2) is 0 Å². The minimum Gasteiger partial charge on any atom is -0.382 e. The first-order chi connectivity index (χ1) is 8.88. The third kappa shape index (κ3) is 7.17. The minimum absolute atomic E-state index is 0.205. The molecule has 4 nitrogen and oxygen atoms in total. The van der Waals surface area contributed by atoms with Crippen LogP contribution in [-0.4, -0.2) is 33.4 Å². The zero-order chi connectivity index (χ0) is 13.6. The lowest BCUT2D eigenvalue weighted by Gasteiger charge is -2.06. The van der Waals surface area contributed by atoms with Gasteiger partial charge in [0.25, 0.3) is 0 Å². The minimum atomic E-state index is 0.205. The van der Waals surface area contributed by atoms with Gasteiger partial charge in [-0.15, -0.1) is 0 Å². The molecule has 0 unspecified atom stereocenters. The molecule has 0 aliphatic carbocycles. The molecule has 0 aliphatic heterocycles. The summed E-state index contributed by atoms with van der Waals surface area (Å²) in [7, 11) is 1.62. The van der Waals surface area contributed by atoms with Crippen LogP contribution in [-0.2, 0) is 20.8 Å². The molecule has 0 aliphatic rings. The second kappa shape index (κ2) is 12.2. The predicted molar refractivity (Wildman–Crippen MR) is 70.7 cm³/mol. The smallest absolute Gasteiger partial charge is 0.150 e. The molecular weight excluding hydrogens is 232 g/mol. The summed E-state index contributed by atoms with van der Waals surface area (Å²) in [6.07, 6.45) is 0.824. The van der Waals surface area contributed by atoms with Crippen molar-refractivity contribution in [3.63, 3.8) is 0 Å². The van der Waals surface area contributed by atoms with Crippen LogP contribution >= 0.6 is 0 Å². The van der Waals surface area contributed by atoms with Gasteiger partial charge in [-0.3, -0.25) is 4.79 Å². The van der Waals surface area contributed by atoms with Crippen LogP contribution in [0.2, 0.25) is 0 Å². The van der Waals surface area contributed by atoms with E-state index in [0.717, 1.165) is 11.8 Å². The van der Waals surface area contributed by atoms with Crippen LogP contribution in [0.3, 0.4) is 0 Å². The van der Waals surface area contributed by atoms with Crippen LogP contribution in [0, 0.1) is 0 Å². The molecule has 1 aromatic carbocycles. The highest BCUT2D eigenvalue weighted by atomic mass is 16.7. The molecule has 0 spiro atoms. The zero-order valence-electron chi connectivity index (χ0n) is 11.3. The molecule has 0 amide bonds. The number of rotatable bonds is 8. The Bertz CT molecular complexity index is 312. The molecule has 0 fully saturated rings. The van der Waals surface area contributed by atoms with Gasteiger partial charge in [0.1, 0.15) is 13.1 Å². The molecule has 0 atom stereocenters. The standard InChI is InChI=1S/C12H16O4.C2H6/c1-14-6-7-15-10-16-9-12-5-3-2-4-11(12)8-13;1-2/h2-5,8H,6-7,9-10H2,1H3;1-2H3. The first-order valence-electron chi connectivity index (χ1n) is 6.06. The SMILES string of the molecule is CC.COCCOCOCc1ccccc1C=O. The third-order valence-corrected chi connectivity index (χ3v) is 2.04. The zero-order valence-corrected chi connectivity index (χ0v) is 11.3. The second-order valence-electron chi connectivity index (χ2n) is 3.18. The first-order valence-corrected chi connectivity index (χ1v) is 6.06. The fraction of sp³-hybridized carbons (Fsp3) is 0.500. The van der Waals surface area contributed by atoms with E-state index in [1.165, 1.54) is 0 Å². The van der Waals surface area contributed by atoms with E-state index in [1.807, 2.05) is 32.0 Å². The number of methoxy groups -OCH3 is 1. The van der Waals surface area contributed by atoms with Crippen LogP contribution < -0.4 is 0 Å². The van der Waals surface area contributed by atoms with Crippen molar-refractivity contribution in [2.75, 3.05) is 27.1 Å². The van der Waals surface area contributed by atoms with E-state index in [1.54, 1.807) is 13.2 Å². The van der Waals surface area contributed by atoms with Crippen molar-refractivity contribution in [1.29, 1.82) is 0 Å². The molecule has 102 valence electrons. The molecule has 4 heteroatoms. The fourth-order valence-electron chi connectivity index (χ4n) is 1.19. The monoisotopic (exact) mass is 254 g/mol. The number of hydrogen-bond donors (Lipinski definition) is 0. The van der Waals surface area contributed by atoms with Crippen LogP contribution in [0.25, 0.3) is 0 Å². The summed E-state index contributed by atoms with van der Waals surface area (Å²) in [5, 5.41) is 0. The Labute approximate surface area is 109 Å². The Morgan fingerprint density at radius 1 is 1.11 bits per heavy atom. The van der Waals surface area contributed by atoms with Gasteiger partial charge in [0.05, 0.1) is 19.8 Å². The topological polar surface area (TPSA) is 44.8 Å². The summed E-state index contributed by atoms with van der Waals surface area (Å²) in [5.41, 5.74) is 1.52. The van der Waals surface area contributed by atoms with Gasteiger partial charge >= 0.3 is 0 Å². The van der Waals surface area contributed by atoms with E-state index in [9.17, 15) is 4.79 Å². The van der Waals surface area contributed by atoms with Gasteiger partial charge in [0, 0.05) is 12.7 Å². The normalized spacial score (nSPS) is 9.50. The molecule has 0 aromatic heterocycles. The van der Waals surface area contributed by atoms with Gasteiger partial charge in [0.15, 0.2) is 0 Å². The summed E-state index contributed by atoms with van der Waals surface area (Å²) in [6, 6.07) is 7.32. The summed E-state index contributed by atoms with van der Waals surface area (Å²) in [4.78, 5) is 10.7. The molecule has 0 saturated carbocycles. The van der Waals surface area contributed by atoms with E-state index >= 15 is 0 Å². The number of aldehydes is 1. The van der Waals surface area contributed by atoms with Crippen molar-refractivity contribution >= 4 is 6.29 Å². The van der Waals surface area contributed by atoms with Crippen LogP contribution in [0.1, 0.15) is 29.8 Å². The highest BCUT2D eigenvalue weighted by Crippen LogP contribution is 2.07. The fourth-order valence-corrected chi connectivity index (χ4v) is 1.19. The molecule has 0 bridgehead atoms. The van der Waals surface area contributed by atoms with E-state index in [2.05, 4.69) is 0 Å². The molecule has 0 heterocycles. The highest BCUT2D eigenvalue weighted by molar-refractivity contribution is 5.76. The maximum absolute atomic E-state index is 10.7. The average Bonchev–Trinajstić information content (AvgIpc) is 2.45. The predicted octanol–water partition coefficient (Wildman–Crippen LogP) is 2.66. The molecule has 1 rings (SSSR count). The van der Waals surface area contributed by atoms with Gasteiger partial charge < -0.3 is 14.2 Å². The van der Waals surface area contributed by atoms with E-state index in [4.69, 9.17) is 14.2 Å². The van der Waals surface area contributed by atoms with E-state index in [0.29, 0.717) is 25.4 Å². The third-order valence-electron chi connectivity index (χ3n) is 2.04. The summed E-state index contributed by atoms with van der Waals surface area (Å²) >= 11 is 0. The van der Waals surface area contributed by atoms with Crippen molar-refractivity contribution in [3.05, 3.63) is 35.4 Å². The van der Waals surface area contributed by atoms with Gasteiger partial charge in [-0.1, -0.05) is 38.1 Å². The Morgan fingerprint density at radius 2 is 1.83 bits per heavy atom. The quantitative estimate of drug-likeness (QED) is 0.406. The number of hydrogen-bond acceptors (Lipinski definition) is 4. The van der Waals surface area contributed by atoms with Crippen molar-refractivity contribution in [1.82, 2.24) is 0 Å². The Hall–Kier alpha value is -1.23. The summed E-state index contributed by atoms with van der Waals surface area (Å²) in [5.74, 6) is 0. The lowest BCUT2D eigenvalue weighted by Crippen LogP contribution is -2.06. The van der Waals surface area contributed by atoms with Gasteiger partial charge in [-0.2, -0.15) is 0 Å². The first kappa shape index (κ1) is 16.8. The average molecular weight is 254 g/mol. The number of carbonyl (C=O) groups is 1. The number of carbonyl (C=O) groups excluding carboxylic acids is 1. The number of benzene rings is 1. The Morgan fingerprint density at radius 3 is 2.50 bits per heavy atom. The van der Waals surface area contributed by atoms with Crippen LogP contribution in [0.4, 0.5) is 0 Å². The summed E-state index contributed by atoms with van der Waals surface area (Å²) in [6.45, 7) is 5.64. The molecular formula is C14H22O4. The molecule has 1 aromatic rings. The molecule has 18 heavy (non-hydrogen) atoms. The van der Waals surface area contributed by atoms with Crippen molar-refractivity contribution in [3.8, 4) is 0 Å². The number of ether oxygens (including phenoxy) is 3. The Kier molecular flexibility index (Phi) is 11.4. The molecule has 0 saturated heterocycles. The van der Waals surface area contributed by atoms with Crippen molar-refractivity contribution < 1.29 is 19.0 Å². The van der Waals surface area contributed by atoms with Crippen molar-refractivity contribution in [2.45, 2.75) is 20.5 Å². The van der Waals surface area contributed by atoms with Gasteiger partial charge in [0.2, 0.25) is 0 Å². The highest BCUT2D eigenvalue weighted by Gasteiger charge is 1.99. The maximum Gasteiger partial charge on any atom is 0.150 e. The van der Waals surface area contributed by atoms with Crippen molar-refractivity contribution in [2.24, 2.45) is 0 Å². The van der Waals surface area contributed by atoms with Crippen LogP contribution in [0.5, 0.6) is 0 Å². The largest absolute Gasteiger partial charge is 0.382 e. The van der Waals surface area contributed by atoms with Crippen LogP contribution in [0.15, 0.2) is 24.3 Å².